The van der Waals surface area contributed by atoms with E-state index in [9.17, 15) is 4.79 Å². The van der Waals surface area contributed by atoms with Crippen LogP contribution in [0.2, 0.25) is 0 Å². The highest BCUT2D eigenvalue weighted by atomic mass is 16.5. The Morgan fingerprint density at radius 1 is 1.14 bits per heavy atom. The van der Waals surface area contributed by atoms with Crippen molar-refractivity contribution in [2.75, 3.05) is 5.32 Å². The number of anilines is 1. The smallest absolute Gasteiger partial charge is 0.265 e. The third-order valence-electron chi connectivity index (χ3n) is 3.82. The molecule has 2 aromatic rings. The summed E-state index contributed by atoms with van der Waals surface area (Å²) >= 11 is 0. The van der Waals surface area contributed by atoms with Gasteiger partial charge in [-0.1, -0.05) is 31.2 Å². The van der Waals surface area contributed by atoms with Crippen LogP contribution < -0.4 is 10.1 Å². The molecule has 2 rings (SSSR count). The molecule has 0 spiro atoms. The lowest BCUT2D eigenvalue weighted by molar-refractivity contribution is -0.122. The number of hydrogen-bond acceptors (Lipinski definition) is 2. The van der Waals surface area contributed by atoms with Gasteiger partial charge in [0, 0.05) is 5.69 Å². The zero-order chi connectivity index (χ0) is 16.1. The van der Waals surface area contributed by atoms with Crippen LogP contribution in [0.4, 0.5) is 5.69 Å². The Balaban J connectivity index is 2.04. The van der Waals surface area contributed by atoms with Crippen LogP contribution >= 0.6 is 0 Å². The summed E-state index contributed by atoms with van der Waals surface area (Å²) in [6.07, 6.45) is 0.329. The van der Waals surface area contributed by atoms with Crippen molar-refractivity contribution >= 4 is 11.6 Å². The lowest BCUT2D eigenvalue weighted by atomic mass is 10.1. The maximum Gasteiger partial charge on any atom is 0.265 e. The molecule has 3 heteroatoms. The molecule has 0 heterocycles. The van der Waals surface area contributed by atoms with Crippen LogP contribution in [0, 0.1) is 13.8 Å². The molecule has 0 bridgehead atoms. The van der Waals surface area contributed by atoms with Gasteiger partial charge in [-0.2, -0.15) is 0 Å². The van der Waals surface area contributed by atoms with E-state index in [-0.39, 0.29) is 5.91 Å². The molecule has 0 aliphatic carbocycles. The zero-order valence-corrected chi connectivity index (χ0v) is 13.6. The predicted molar refractivity (Wildman–Crippen MR) is 90.5 cm³/mol. The summed E-state index contributed by atoms with van der Waals surface area (Å²) in [6.45, 7) is 7.92. The highest BCUT2D eigenvalue weighted by molar-refractivity contribution is 5.94. The van der Waals surface area contributed by atoms with Crippen LogP contribution in [0.3, 0.4) is 0 Å². The third kappa shape index (κ3) is 3.88. The first kappa shape index (κ1) is 16.1. The first-order chi connectivity index (χ1) is 10.5. The van der Waals surface area contributed by atoms with Gasteiger partial charge in [-0.15, -0.1) is 0 Å². The van der Waals surface area contributed by atoms with E-state index in [1.54, 1.807) is 6.92 Å². The second-order valence-electron chi connectivity index (χ2n) is 5.51. The molecule has 0 radical (unpaired) electrons. The Labute approximate surface area is 132 Å². The topological polar surface area (TPSA) is 38.3 Å². The highest BCUT2D eigenvalue weighted by Gasteiger charge is 2.16. The van der Waals surface area contributed by atoms with Crippen LogP contribution in [-0.4, -0.2) is 12.0 Å². The van der Waals surface area contributed by atoms with Crippen LogP contribution in [0.5, 0.6) is 5.75 Å². The van der Waals surface area contributed by atoms with E-state index in [1.165, 1.54) is 5.56 Å². The van der Waals surface area contributed by atoms with Gasteiger partial charge in [-0.05, 0) is 62.1 Å². The van der Waals surface area contributed by atoms with E-state index >= 15 is 0 Å². The van der Waals surface area contributed by atoms with Crippen molar-refractivity contribution in [3.05, 3.63) is 59.2 Å². The largest absolute Gasteiger partial charge is 0.481 e. The molecule has 0 aliphatic rings. The van der Waals surface area contributed by atoms with E-state index in [0.717, 1.165) is 29.0 Å². The predicted octanol–water partition coefficient (Wildman–Crippen LogP) is 4.27. The molecule has 0 unspecified atom stereocenters. The fourth-order valence-corrected chi connectivity index (χ4v) is 2.23. The van der Waals surface area contributed by atoms with Gasteiger partial charge in [0.15, 0.2) is 6.10 Å². The van der Waals surface area contributed by atoms with Crippen molar-refractivity contribution in [1.29, 1.82) is 0 Å². The Morgan fingerprint density at radius 3 is 2.55 bits per heavy atom. The van der Waals surface area contributed by atoms with Crippen molar-refractivity contribution < 1.29 is 9.53 Å². The molecular weight excluding hydrogens is 274 g/mol. The Kier molecular flexibility index (Phi) is 5.21. The fourth-order valence-electron chi connectivity index (χ4n) is 2.23. The summed E-state index contributed by atoms with van der Waals surface area (Å²) in [5, 5.41) is 2.94. The molecular formula is C19H23NO2. The minimum absolute atomic E-state index is 0.140. The molecule has 3 nitrogen and oxygen atoms in total. The lowest BCUT2D eigenvalue weighted by Crippen LogP contribution is -2.30. The minimum atomic E-state index is -0.549. The molecule has 22 heavy (non-hydrogen) atoms. The number of amides is 1. The first-order valence-electron chi connectivity index (χ1n) is 7.64. The number of hydrogen-bond donors (Lipinski definition) is 1. The maximum atomic E-state index is 12.3. The number of nitrogens with one attached hydrogen (secondary N) is 1. The fraction of sp³-hybridized carbons (Fsp3) is 0.316. The van der Waals surface area contributed by atoms with Crippen molar-refractivity contribution in [3.8, 4) is 5.75 Å². The molecule has 2 aromatic carbocycles. The maximum absolute atomic E-state index is 12.3. The highest BCUT2D eigenvalue weighted by Crippen LogP contribution is 2.19. The third-order valence-corrected chi connectivity index (χ3v) is 3.82. The Morgan fingerprint density at radius 2 is 1.86 bits per heavy atom. The molecule has 0 saturated carbocycles. The van der Waals surface area contributed by atoms with E-state index in [4.69, 9.17) is 4.74 Å². The molecule has 0 aromatic heterocycles. The second-order valence-corrected chi connectivity index (χ2v) is 5.51. The number of aryl methyl sites for hydroxylation is 3. The van der Waals surface area contributed by atoms with Gasteiger partial charge in [0.1, 0.15) is 5.75 Å². The van der Waals surface area contributed by atoms with Crippen LogP contribution in [0.25, 0.3) is 0 Å². The number of carbonyl (C=O) groups excluding carboxylic acids is 1. The summed E-state index contributed by atoms with van der Waals surface area (Å²) < 4.78 is 5.75. The average Bonchev–Trinajstić information content (AvgIpc) is 2.51. The number of para-hydroxylation sites is 1. The van der Waals surface area contributed by atoms with Crippen molar-refractivity contribution in [2.24, 2.45) is 0 Å². The molecule has 1 N–H and O–H groups in total. The van der Waals surface area contributed by atoms with E-state index in [1.807, 2.05) is 49.4 Å². The normalized spacial score (nSPS) is 11.8. The lowest BCUT2D eigenvalue weighted by Gasteiger charge is -2.17. The summed E-state index contributed by atoms with van der Waals surface area (Å²) in [5.41, 5.74) is 4.34. The first-order valence-corrected chi connectivity index (χ1v) is 7.64. The standard InChI is InChI=1S/C19H23NO2/c1-5-16-8-6-7-9-18(16)20-19(21)15(4)22-17-11-10-13(2)14(3)12-17/h6-12,15H,5H2,1-4H3,(H,20,21)/t15-/m1/s1. The van der Waals surface area contributed by atoms with Gasteiger partial charge in [-0.25, -0.2) is 0 Å². The number of rotatable bonds is 5. The van der Waals surface area contributed by atoms with Crippen molar-refractivity contribution in [1.82, 2.24) is 0 Å². The SMILES string of the molecule is CCc1ccccc1NC(=O)[C@@H](C)Oc1ccc(C)c(C)c1. The minimum Gasteiger partial charge on any atom is -0.481 e. The van der Waals surface area contributed by atoms with Gasteiger partial charge < -0.3 is 10.1 Å². The molecule has 1 amide bonds. The van der Waals surface area contributed by atoms with E-state index < -0.39 is 6.10 Å². The molecule has 0 fully saturated rings. The zero-order valence-electron chi connectivity index (χ0n) is 13.6. The molecule has 116 valence electrons. The van der Waals surface area contributed by atoms with Gasteiger partial charge in [0.05, 0.1) is 0 Å². The van der Waals surface area contributed by atoms with Gasteiger partial charge in [0.2, 0.25) is 0 Å². The quantitative estimate of drug-likeness (QED) is 0.895. The van der Waals surface area contributed by atoms with Crippen LogP contribution in [0.15, 0.2) is 42.5 Å². The van der Waals surface area contributed by atoms with E-state index in [2.05, 4.69) is 19.2 Å². The molecule has 0 saturated heterocycles. The number of carbonyl (C=O) groups is 1. The average molecular weight is 297 g/mol. The van der Waals surface area contributed by atoms with Gasteiger partial charge in [0.25, 0.3) is 5.91 Å². The van der Waals surface area contributed by atoms with Crippen LogP contribution in [0.1, 0.15) is 30.5 Å². The van der Waals surface area contributed by atoms with Gasteiger partial charge in [-0.3, -0.25) is 4.79 Å². The van der Waals surface area contributed by atoms with Crippen LogP contribution in [-0.2, 0) is 11.2 Å². The summed E-state index contributed by atoms with van der Waals surface area (Å²) in [7, 11) is 0. The Bertz CT molecular complexity index is 664. The number of benzene rings is 2. The summed E-state index contributed by atoms with van der Waals surface area (Å²) in [4.78, 5) is 12.3. The summed E-state index contributed by atoms with van der Waals surface area (Å²) in [5.74, 6) is 0.577. The van der Waals surface area contributed by atoms with Crippen molar-refractivity contribution in [2.45, 2.75) is 40.2 Å². The monoisotopic (exact) mass is 297 g/mol. The number of ether oxygens (including phenoxy) is 1. The second kappa shape index (κ2) is 7.12. The van der Waals surface area contributed by atoms with E-state index in [0.29, 0.717) is 0 Å². The summed E-state index contributed by atoms with van der Waals surface area (Å²) in [6, 6.07) is 13.7. The van der Waals surface area contributed by atoms with Gasteiger partial charge >= 0.3 is 0 Å². The Hall–Kier alpha value is -2.29. The van der Waals surface area contributed by atoms with Crippen molar-refractivity contribution in [3.63, 3.8) is 0 Å². The molecule has 0 aliphatic heterocycles. The molecule has 1 atom stereocenters.